The van der Waals surface area contributed by atoms with Crippen LogP contribution in [0.5, 0.6) is 0 Å². The molecule has 3 amide bonds. The molecule has 0 aliphatic carbocycles. The van der Waals surface area contributed by atoms with E-state index in [9.17, 15) is 23.9 Å². The van der Waals surface area contributed by atoms with Gasteiger partial charge in [0.2, 0.25) is 5.91 Å². The van der Waals surface area contributed by atoms with Gasteiger partial charge in [0.1, 0.15) is 5.82 Å². The fourth-order valence-electron chi connectivity index (χ4n) is 3.61. The van der Waals surface area contributed by atoms with Crippen molar-refractivity contribution in [2.45, 2.75) is 18.9 Å². The normalized spacial score (nSPS) is 18.5. The Bertz CT molecular complexity index is 924. The number of hydrogen-bond donors (Lipinski definition) is 1. The van der Waals surface area contributed by atoms with Crippen molar-refractivity contribution in [2.24, 2.45) is 0 Å². The third kappa shape index (κ3) is 2.90. The maximum absolute atomic E-state index is 13.5. The average Bonchev–Trinajstić information content (AvgIpc) is 2.91. The van der Waals surface area contributed by atoms with Gasteiger partial charge in [-0.25, -0.2) is 4.39 Å². The van der Waals surface area contributed by atoms with E-state index in [4.69, 9.17) is 0 Å². The van der Waals surface area contributed by atoms with E-state index in [1.807, 2.05) is 0 Å². The van der Waals surface area contributed by atoms with Gasteiger partial charge in [0.15, 0.2) is 0 Å². The van der Waals surface area contributed by atoms with Gasteiger partial charge in [-0.15, -0.1) is 0 Å². The van der Waals surface area contributed by atoms with Crippen LogP contribution in [0.3, 0.4) is 0 Å². The van der Waals surface area contributed by atoms with Crippen molar-refractivity contribution < 1.29 is 23.9 Å². The Kier molecular flexibility index (Phi) is 4.24. The van der Waals surface area contributed by atoms with Crippen LogP contribution in [0.1, 0.15) is 45.2 Å². The highest BCUT2D eigenvalue weighted by Gasteiger charge is 2.36. The molecule has 0 bridgehead atoms. The summed E-state index contributed by atoms with van der Waals surface area (Å²) in [5.41, 5.74) is 1.52. The largest absolute Gasteiger partial charge is 0.388 e. The van der Waals surface area contributed by atoms with Gasteiger partial charge in [0, 0.05) is 30.8 Å². The number of nitrogens with zero attached hydrogens (tertiary/aromatic N) is 2. The zero-order chi connectivity index (χ0) is 19.1. The van der Waals surface area contributed by atoms with Crippen LogP contribution in [0.2, 0.25) is 0 Å². The quantitative estimate of drug-likeness (QED) is 0.843. The third-order valence-corrected chi connectivity index (χ3v) is 4.99. The van der Waals surface area contributed by atoms with Crippen LogP contribution >= 0.6 is 0 Å². The minimum absolute atomic E-state index is 0.0270. The van der Waals surface area contributed by atoms with Crippen LogP contribution < -0.4 is 4.90 Å². The first-order valence-electron chi connectivity index (χ1n) is 8.70. The Morgan fingerprint density at radius 1 is 1.11 bits per heavy atom. The topological polar surface area (TPSA) is 77.9 Å². The van der Waals surface area contributed by atoms with E-state index in [0.717, 1.165) is 4.90 Å². The molecule has 1 unspecified atom stereocenters. The van der Waals surface area contributed by atoms with Crippen molar-refractivity contribution in [3.8, 4) is 0 Å². The molecular formula is C20H17FN2O4. The van der Waals surface area contributed by atoms with Crippen molar-refractivity contribution in [1.82, 2.24) is 4.90 Å². The number of halogens is 1. The number of carbonyl (C=O) groups is 3. The van der Waals surface area contributed by atoms with Gasteiger partial charge in [-0.3, -0.25) is 19.3 Å². The lowest BCUT2D eigenvalue weighted by Gasteiger charge is -2.32. The fraction of sp³-hybridized carbons (Fsp3) is 0.250. The fourth-order valence-corrected chi connectivity index (χ4v) is 3.61. The summed E-state index contributed by atoms with van der Waals surface area (Å²) < 4.78 is 13.5. The average molecular weight is 368 g/mol. The van der Waals surface area contributed by atoms with E-state index in [2.05, 4.69) is 0 Å². The van der Waals surface area contributed by atoms with E-state index in [0.29, 0.717) is 35.3 Å². The van der Waals surface area contributed by atoms with Crippen LogP contribution in [-0.4, -0.2) is 40.8 Å². The van der Waals surface area contributed by atoms with Crippen LogP contribution in [-0.2, 0) is 4.79 Å². The SMILES string of the molecule is O=C1c2ccccc2C(=O)N1CCC(=O)N1CCC(O)c2cc(F)ccc21. The van der Waals surface area contributed by atoms with Crippen LogP contribution in [0.25, 0.3) is 0 Å². The molecule has 2 aliphatic rings. The summed E-state index contributed by atoms with van der Waals surface area (Å²) in [6.07, 6.45) is -0.566. The monoisotopic (exact) mass is 368 g/mol. The molecule has 6 nitrogen and oxygen atoms in total. The van der Waals surface area contributed by atoms with Gasteiger partial charge in [0.05, 0.1) is 17.2 Å². The second kappa shape index (κ2) is 6.59. The van der Waals surface area contributed by atoms with Gasteiger partial charge < -0.3 is 10.0 Å². The summed E-state index contributed by atoms with van der Waals surface area (Å²) in [6, 6.07) is 10.5. The zero-order valence-corrected chi connectivity index (χ0v) is 14.4. The molecular weight excluding hydrogens is 351 g/mol. The van der Waals surface area contributed by atoms with Gasteiger partial charge in [0.25, 0.3) is 11.8 Å². The van der Waals surface area contributed by atoms with E-state index in [1.165, 1.54) is 23.1 Å². The molecule has 0 radical (unpaired) electrons. The van der Waals surface area contributed by atoms with Crippen LogP contribution in [0, 0.1) is 5.82 Å². The number of carbonyl (C=O) groups excluding carboxylic acids is 3. The molecule has 7 heteroatoms. The molecule has 0 fully saturated rings. The lowest BCUT2D eigenvalue weighted by molar-refractivity contribution is -0.118. The molecule has 0 spiro atoms. The summed E-state index contributed by atoms with van der Waals surface area (Å²) in [6.45, 7) is 0.265. The van der Waals surface area contributed by atoms with Crippen molar-refractivity contribution >= 4 is 23.4 Å². The number of amides is 3. The van der Waals surface area contributed by atoms with Gasteiger partial charge in [-0.05, 0) is 36.8 Å². The summed E-state index contributed by atoms with van der Waals surface area (Å²) in [7, 11) is 0. The Morgan fingerprint density at radius 2 is 1.78 bits per heavy atom. The lowest BCUT2D eigenvalue weighted by Crippen LogP contribution is -2.40. The van der Waals surface area contributed by atoms with Crippen molar-refractivity contribution in [3.05, 3.63) is 65.0 Å². The second-order valence-electron chi connectivity index (χ2n) is 6.61. The van der Waals surface area contributed by atoms with Crippen molar-refractivity contribution in [2.75, 3.05) is 18.0 Å². The highest BCUT2D eigenvalue weighted by molar-refractivity contribution is 6.21. The molecule has 2 aromatic carbocycles. The maximum Gasteiger partial charge on any atom is 0.261 e. The summed E-state index contributed by atoms with van der Waals surface area (Å²) >= 11 is 0. The number of aliphatic hydroxyl groups excluding tert-OH is 1. The number of imide groups is 1. The molecule has 2 heterocycles. The highest BCUT2D eigenvalue weighted by Crippen LogP contribution is 2.34. The Morgan fingerprint density at radius 3 is 2.44 bits per heavy atom. The second-order valence-corrected chi connectivity index (χ2v) is 6.61. The van der Waals surface area contributed by atoms with Gasteiger partial charge in [-0.1, -0.05) is 12.1 Å². The number of hydrogen-bond acceptors (Lipinski definition) is 4. The van der Waals surface area contributed by atoms with Gasteiger partial charge >= 0.3 is 0 Å². The maximum atomic E-state index is 13.5. The predicted octanol–water partition coefficient (Wildman–Crippen LogP) is 2.28. The predicted molar refractivity (Wildman–Crippen MR) is 94.8 cm³/mol. The highest BCUT2D eigenvalue weighted by atomic mass is 19.1. The Hall–Kier alpha value is -3.06. The molecule has 0 aromatic heterocycles. The number of anilines is 1. The number of benzene rings is 2. The van der Waals surface area contributed by atoms with Crippen molar-refractivity contribution in [1.29, 1.82) is 0 Å². The molecule has 27 heavy (non-hydrogen) atoms. The van der Waals surface area contributed by atoms with Crippen molar-refractivity contribution in [3.63, 3.8) is 0 Å². The smallest absolute Gasteiger partial charge is 0.261 e. The molecule has 4 rings (SSSR count). The van der Waals surface area contributed by atoms with E-state index < -0.39 is 23.7 Å². The first-order chi connectivity index (χ1) is 13.0. The van der Waals surface area contributed by atoms with E-state index >= 15 is 0 Å². The molecule has 2 aromatic rings. The van der Waals surface area contributed by atoms with Crippen LogP contribution in [0.4, 0.5) is 10.1 Å². The lowest BCUT2D eigenvalue weighted by atomic mass is 9.98. The first kappa shape index (κ1) is 17.4. The molecule has 2 aliphatic heterocycles. The molecule has 1 N–H and O–H groups in total. The van der Waals surface area contributed by atoms with Crippen LogP contribution in [0.15, 0.2) is 42.5 Å². The third-order valence-electron chi connectivity index (χ3n) is 4.99. The molecule has 1 atom stereocenters. The number of aliphatic hydroxyl groups is 1. The number of rotatable bonds is 3. The first-order valence-corrected chi connectivity index (χ1v) is 8.70. The summed E-state index contributed by atoms with van der Waals surface area (Å²) in [5.74, 6) is -1.57. The standard InChI is InChI=1S/C20H17FN2O4/c21-12-5-6-16-15(11-12)17(24)7-9-22(16)18(25)8-10-23-19(26)13-3-1-2-4-14(13)20(23)27/h1-6,11,17,24H,7-10H2. The molecule has 0 saturated carbocycles. The zero-order valence-electron chi connectivity index (χ0n) is 14.4. The minimum atomic E-state index is -0.823. The number of fused-ring (bicyclic) bond motifs is 2. The van der Waals surface area contributed by atoms with E-state index in [-0.39, 0.29) is 18.9 Å². The Labute approximate surface area is 154 Å². The Balaban J connectivity index is 1.49. The van der Waals surface area contributed by atoms with Gasteiger partial charge in [-0.2, -0.15) is 0 Å². The van der Waals surface area contributed by atoms with E-state index in [1.54, 1.807) is 24.3 Å². The molecule has 138 valence electrons. The molecule has 0 saturated heterocycles. The summed E-state index contributed by atoms with van der Waals surface area (Å²) in [5, 5.41) is 10.1. The minimum Gasteiger partial charge on any atom is -0.388 e. The summed E-state index contributed by atoms with van der Waals surface area (Å²) in [4.78, 5) is 40.0.